The zero-order valence-corrected chi connectivity index (χ0v) is 12.6. The van der Waals surface area contributed by atoms with Gasteiger partial charge < -0.3 is 10.1 Å². The highest BCUT2D eigenvalue weighted by molar-refractivity contribution is 7.92. The maximum Gasteiger partial charge on any atom is 0.265 e. The van der Waals surface area contributed by atoms with E-state index in [1.54, 1.807) is 37.3 Å². The van der Waals surface area contributed by atoms with Crippen LogP contribution >= 0.6 is 0 Å². The van der Waals surface area contributed by atoms with Gasteiger partial charge in [-0.3, -0.25) is 9.52 Å². The Morgan fingerprint density at radius 3 is 2.59 bits per heavy atom. The minimum atomic E-state index is -3.67. The van der Waals surface area contributed by atoms with Crippen molar-refractivity contribution in [3.8, 4) is 5.75 Å². The number of hydrogen-bond donors (Lipinski definition) is 2. The van der Waals surface area contributed by atoms with Gasteiger partial charge in [-0.05, 0) is 37.3 Å². The summed E-state index contributed by atoms with van der Waals surface area (Å²) >= 11 is 0. The topological polar surface area (TPSA) is 84.5 Å². The molecule has 0 aromatic heterocycles. The number of benzene rings is 2. The molecule has 6 nitrogen and oxygen atoms in total. The third-order valence-corrected chi connectivity index (χ3v) is 4.61. The molecule has 1 aliphatic heterocycles. The van der Waals surface area contributed by atoms with E-state index in [1.807, 2.05) is 0 Å². The van der Waals surface area contributed by atoms with Crippen LogP contribution in [0.15, 0.2) is 53.4 Å². The van der Waals surface area contributed by atoms with E-state index in [0.717, 1.165) is 0 Å². The third kappa shape index (κ3) is 2.75. The minimum absolute atomic E-state index is 0.168. The first-order valence-electron chi connectivity index (χ1n) is 6.65. The number of nitrogens with one attached hydrogen (secondary N) is 2. The van der Waals surface area contributed by atoms with Gasteiger partial charge in [0, 0.05) is 0 Å². The standard InChI is InChI=1S/C15H14N2O4S/c1-10-15(18)16-13-9-11(7-8-14(13)21-10)17-22(19,20)12-5-3-2-4-6-12/h2-10,17H,1H3,(H,16,18)/t10-/m0/s1. The maximum absolute atomic E-state index is 12.3. The highest BCUT2D eigenvalue weighted by atomic mass is 32.2. The Labute approximate surface area is 128 Å². The van der Waals surface area contributed by atoms with Crippen LogP contribution in [0.4, 0.5) is 11.4 Å². The number of rotatable bonds is 3. The third-order valence-electron chi connectivity index (χ3n) is 3.22. The zero-order valence-electron chi connectivity index (χ0n) is 11.7. The van der Waals surface area contributed by atoms with Crippen molar-refractivity contribution < 1.29 is 17.9 Å². The molecular formula is C15H14N2O4S. The zero-order chi connectivity index (χ0) is 15.7. The Morgan fingerprint density at radius 1 is 1.14 bits per heavy atom. The molecule has 1 heterocycles. The summed E-state index contributed by atoms with van der Waals surface area (Å²) in [5.74, 6) is 0.241. The first kappa shape index (κ1) is 14.4. The molecule has 0 radical (unpaired) electrons. The van der Waals surface area contributed by atoms with Gasteiger partial charge in [-0.25, -0.2) is 8.42 Å². The van der Waals surface area contributed by atoms with Crippen LogP contribution in [0.25, 0.3) is 0 Å². The fourth-order valence-electron chi connectivity index (χ4n) is 2.09. The molecule has 0 saturated carbocycles. The lowest BCUT2D eigenvalue weighted by molar-refractivity contribution is -0.122. The van der Waals surface area contributed by atoms with E-state index in [9.17, 15) is 13.2 Å². The molecule has 0 unspecified atom stereocenters. The van der Waals surface area contributed by atoms with Gasteiger partial charge in [-0.2, -0.15) is 0 Å². The molecule has 2 N–H and O–H groups in total. The van der Waals surface area contributed by atoms with Crippen LogP contribution in [0.2, 0.25) is 0 Å². The molecule has 0 aliphatic carbocycles. The Balaban J connectivity index is 1.88. The second-order valence-corrected chi connectivity index (χ2v) is 6.56. The lowest BCUT2D eigenvalue weighted by Gasteiger charge is -2.23. The summed E-state index contributed by atoms with van der Waals surface area (Å²) in [6, 6.07) is 12.8. The van der Waals surface area contributed by atoms with Gasteiger partial charge in [0.1, 0.15) is 5.75 Å². The molecule has 0 fully saturated rings. The molecule has 22 heavy (non-hydrogen) atoms. The van der Waals surface area contributed by atoms with Gasteiger partial charge in [-0.1, -0.05) is 18.2 Å². The summed E-state index contributed by atoms with van der Waals surface area (Å²) in [7, 11) is -3.67. The smallest absolute Gasteiger partial charge is 0.265 e. The van der Waals surface area contributed by atoms with E-state index in [-0.39, 0.29) is 10.8 Å². The normalized spacial score (nSPS) is 17.1. The number of ether oxygens (including phenoxy) is 1. The number of sulfonamides is 1. The van der Waals surface area contributed by atoms with Crippen LogP contribution in [0.3, 0.4) is 0 Å². The summed E-state index contributed by atoms with van der Waals surface area (Å²) in [5, 5.41) is 2.68. The summed E-state index contributed by atoms with van der Waals surface area (Å²) < 4.78 is 32.4. The van der Waals surface area contributed by atoms with Gasteiger partial charge in [0.15, 0.2) is 6.10 Å². The first-order valence-corrected chi connectivity index (χ1v) is 8.13. The Morgan fingerprint density at radius 2 is 1.86 bits per heavy atom. The predicted molar refractivity (Wildman–Crippen MR) is 82.4 cm³/mol. The van der Waals surface area contributed by atoms with Crippen LogP contribution in [0, 0.1) is 0 Å². The van der Waals surface area contributed by atoms with Crippen molar-refractivity contribution in [1.82, 2.24) is 0 Å². The van der Waals surface area contributed by atoms with E-state index in [4.69, 9.17) is 4.74 Å². The maximum atomic E-state index is 12.3. The van der Waals surface area contributed by atoms with Gasteiger partial charge in [0.25, 0.3) is 15.9 Å². The van der Waals surface area contributed by atoms with E-state index in [1.165, 1.54) is 18.2 Å². The fourth-order valence-corrected chi connectivity index (χ4v) is 3.16. The van der Waals surface area contributed by atoms with E-state index in [2.05, 4.69) is 10.0 Å². The average molecular weight is 318 g/mol. The van der Waals surface area contributed by atoms with Crippen molar-refractivity contribution in [2.75, 3.05) is 10.0 Å². The van der Waals surface area contributed by atoms with Crippen molar-refractivity contribution in [1.29, 1.82) is 0 Å². The lowest BCUT2D eigenvalue weighted by atomic mass is 10.2. The number of hydrogen-bond acceptors (Lipinski definition) is 4. The van der Waals surface area contributed by atoms with Crippen LogP contribution < -0.4 is 14.8 Å². The molecule has 3 rings (SSSR count). The second-order valence-electron chi connectivity index (χ2n) is 4.88. The molecule has 1 amide bonds. The lowest BCUT2D eigenvalue weighted by Crippen LogP contribution is -2.34. The van der Waals surface area contributed by atoms with Crippen molar-refractivity contribution in [3.63, 3.8) is 0 Å². The van der Waals surface area contributed by atoms with Crippen LogP contribution in [0.5, 0.6) is 5.75 Å². The van der Waals surface area contributed by atoms with Crippen LogP contribution in [0.1, 0.15) is 6.92 Å². The summed E-state index contributed by atoms with van der Waals surface area (Å²) in [6.07, 6.45) is -0.570. The summed E-state index contributed by atoms with van der Waals surface area (Å²) in [6.45, 7) is 1.64. The van der Waals surface area contributed by atoms with Gasteiger partial charge in [0.05, 0.1) is 16.3 Å². The van der Waals surface area contributed by atoms with E-state index < -0.39 is 16.1 Å². The van der Waals surface area contributed by atoms with Crippen molar-refractivity contribution in [2.45, 2.75) is 17.9 Å². The number of carbonyl (C=O) groups is 1. The number of fused-ring (bicyclic) bond motifs is 1. The summed E-state index contributed by atoms with van der Waals surface area (Å²) in [5.41, 5.74) is 0.789. The Bertz CT molecular complexity index is 819. The highest BCUT2D eigenvalue weighted by Gasteiger charge is 2.24. The van der Waals surface area contributed by atoms with Crippen LogP contribution in [-0.2, 0) is 14.8 Å². The number of amides is 1. The monoisotopic (exact) mass is 318 g/mol. The molecule has 2 aromatic carbocycles. The molecule has 0 spiro atoms. The molecular weight excluding hydrogens is 304 g/mol. The minimum Gasteiger partial charge on any atom is -0.479 e. The largest absolute Gasteiger partial charge is 0.479 e. The molecule has 0 saturated heterocycles. The number of anilines is 2. The average Bonchev–Trinajstić information content (AvgIpc) is 2.49. The molecule has 1 aliphatic rings. The molecule has 1 atom stereocenters. The van der Waals surface area contributed by atoms with Crippen molar-refractivity contribution in [3.05, 3.63) is 48.5 Å². The molecule has 2 aromatic rings. The van der Waals surface area contributed by atoms with Gasteiger partial charge in [0.2, 0.25) is 0 Å². The van der Waals surface area contributed by atoms with Crippen molar-refractivity contribution >= 4 is 27.3 Å². The van der Waals surface area contributed by atoms with Gasteiger partial charge in [-0.15, -0.1) is 0 Å². The second kappa shape index (κ2) is 5.34. The number of carbonyl (C=O) groups excluding carboxylic acids is 1. The van der Waals surface area contributed by atoms with E-state index >= 15 is 0 Å². The predicted octanol–water partition coefficient (Wildman–Crippen LogP) is 2.21. The van der Waals surface area contributed by atoms with Crippen LogP contribution in [-0.4, -0.2) is 20.4 Å². The molecule has 7 heteroatoms. The Hall–Kier alpha value is -2.54. The Kier molecular flexibility index (Phi) is 3.50. The highest BCUT2D eigenvalue weighted by Crippen LogP contribution is 2.32. The summed E-state index contributed by atoms with van der Waals surface area (Å²) in [4.78, 5) is 11.8. The van der Waals surface area contributed by atoms with E-state index in [0.29, 0.717) is 17.1 Å². The van der Waals surface area contributed by atoms with Gasteiger partial charge >= 0.3 is 0 Å². The molecule has 114 valence electrons. The fraction of sp³-hybridized carbons (Fsp3) is 0.133. The SMILES string of the molecule is C[C@@H]1Oc2ccc(NS(=O)(=O)c3ccccc3)cc2NC1=O. The quantitative estimate of drug-likeness (QED) is 0.908. The molecule has 0 bridgehead atoms. The first-order chi connectivity index (χ1) is 10.5. The van der Waals surface area contributed by atoms with Crippen molar-refractivity contribution in [2.24, 2.45) is 0 Å².